The Kier molecular flexibility index (Phi) is 6.38. The Morgan fingerprint density at radius 1 is 1.00 bits per heavy atom. The van der Waals surface area contributed by atoms with Crippen LogP contribution in [0.25, 0.3) is 0 Å². The minimum atomic E-state index is -1.49. The van der Waals surface area contributed by atoms with Gasteiger partial charge in [-0.1, -0.05) is 39.8 Å². The summed E-state index contributed by atoms with van der Waals surface area (Å²) >= 11 is 0. The molecule has 0 spiro atoms. The molecule has 2 aromatic rings. The highest BCUT2D eigenvalue weighted by atomic mass is 16.4. The molecule has 3 rings (SSSR count). The summed E-state index contributed by atoms with van der Waals surface area (Å²) < 4.78 is 5.76. The van der Waals surface area contributed by atoms with E-state index in [1.54, 1.807) is 12.1 Å². The molecule has 4 N–H and O–H groups in total. The fraction of sp³-hybridized carbons (Fsp3) is 0.560. The first-order chi connectivity index (χ1) is 14.5. The SMILES string of the molecule is Cc1cc2c(cc1Cc1ccc(C(=O)NC(CO)(CO)CO)o1)C(C)(C)CCC2(C)C. The van der Waals surface area contributed by atoms with E-state index in [-0.39, 0.29) is 16.6 Å². The van der Waals surface area contributed by atoms with Gasteiger partial charge in [-0.3, -0.25) is 4.79 Å². The molecular weight excluding hydrogens is 394 g/mol. The van der Waals surface area contributed by atoms with Crippen LogP contribution in [0.5, 0.6) is 0 Å². The molecule has 0 fully saturated rings. The standard InChI is InChI=1S/C25H35NO5/c1-16-10-19-20(24(4,5)9-8-23(19,2)3)12-17(16)11-18-6-7-21(31-18)22(30)26-25(13-27,14-28)15-29/h6-7,10,12,27-29H,8-9,11,13-15H2,1-5H3,(H,26,30). The number of hydrogen-bond donors (Lipinski definition) is 4. The lowest BCUT2D eigenvalue weighted by Crippen LogP contribution is -2.56. The number of carbonyl (C=O) groups is 1. The average molecular weight is 430 g/mol. The third-order valence-electron chi connectivity index (χ3n) is 6.85. The lowest BCUT2D eigenvalue weighted by molar-refractivity contribution is 0.0363. The number of aliphatic hydroxyl groups excluding tert-OH is 3. The highest BCUT2D eigenvalue weighted by Gasteiger charge is 2.37. The fourth-order valence-corrected chi connectivity index (χ4v) is 4.31. The summed E-state index contributed by atoms with van der Waals surface area (Å²) in [5.74, 6) is 0.143. The van der Waals surface area contributed by atoms with Crippen molar-refractivity contribution in [1.82, 2.24) is 5.32 Å². The monoisotopic (exact) mass is 429 g/mol. The van der Waals surface area contributed by atoms with Crippen molar-refractivity contribution in [3.05, 3.63) is 58.0 Å². The van der Waals surface area contributed by atoms with Crippen LogP contribution in [-0.2, 0) is 17.3 Å². The minimum absolute atomic E-state index is 0.0757. The van der Waals surface area contributed by atoms with E-state index < -0.39 is 31.3 Å². The second-order valence-corrected chi connectivity index (χ2v) is 10.2. The molecule has 0 saturated heterocycles. The predicted octanol–water partition coefficient (Wildman–Crippen LogP) is 2.97. The van der Waals surface area contributed by atoms with Crippen LogP contribution in [0.4, 0.5) is 0 Å². The van der Waals surface area contributed by atoms with E-state index in [1.165, 1.54) is 28.7 Å². The molecule has 6 nitrogen and oxygen atoms in total. The number of fused-ring (bicyclic) bond motifs is 1. The van der Waals surface area contributed by atoms with Gasteiger partial charge < -0.3 is 25.1 Å². The normalized spacial score (nSPS) is 17.3. The lowest BCUT2D eigenvalue weighted by atomic mass is 9.62. The molecule has 31 heavy (non-hydrogen) atoms. The quantitative estimate of drug-likeness (QED) is 0.542. The number of hydrogen-bond acceptors (Lipinski definition) is 5. The summed E-state index contributed by atoms with van der Waals surface area (Å²) in [6.45, 7) is 9.57. The Morgan fingerprint density at radius 3 is 2.10 bits per heavy atom. The number of carbonyl (C=O) groups excluding carboxylic acids is 1. The maximum Gasteiger partial charge on any atom is 0.287 e. The van der Waals surface area contributed by atoms with Crippen molar-refractivity contribution in [3.63, 3.8) is 0 Å². The third-order valence-corrected chi connectivity index (χ3v) is 6.85. The van der Waals surface area contributed by atoms with E-state index in [0.717, 1.165) is 6.42 Å². The molecule has 0 aliphatic heterocycles. The van der Waals surface area contributed by atoms with Crippen LogP contribution in [0.15, 0.2) is 28.7 Å². The van der Waals surface area contributed by atoms with Crippen molar-refractivity contribution in [2.75, 3.05) is 19.8 Å². The van der Waals surface area contributed by atoms with Gasteiger partial charge in [0.1, 0.15) is 11.3 Å². The number of aryl methyl sites for hydroxylation is 1. The number of furan rings is 1. The van der Waals surface area contributed by atoms with Crippen molar-refractivity contribution >= 4 is 5.91 Å². The summed E-state index contributed by atoms with van der Waals surface area (Å²) in [6.07, 6.45) is 2.87. The van der Waals surface area contributed by atoms with Gasteiger partial charge in [-0.25, -0.2) is 0 Å². The van der Waals surface area contributed by atoms with E-state index >= 15 is 0 Å². The molecule has 1 aliphatic carbocycles. The maximum atomic E-state index is 12.5. The molecular formula is C25H35NO5. The Morgan fingerprint density at radius 2 is 1.55 bits per heavy atom. The van der Waals surface area contributed by atoms with Gasteiger partial charge in [-0.2, -0.15) is 0 Å². The molecule has 1 aliphatic rings. The highest BCUT2D eigenvalue weighted by Crippen LogP contribution is 2.46. The zero-order chi connectivity index (χ0) is 23.0. The van der Waals surface area contributed by atoms with Gasteiger partial charge in [0.2, 0.25) is 0 Å². The summed E-state index contributed by atoms with van der Waals surface area (Å²) in [5.41, 5.74) is 3.95. The first-order valence-electron chi connectivity index (χ1n) is 10.9. The molecule has 0 saturated carbocycles. The molecule has 1 aromatic heterocycles. The smallest absolute Gasteiger partial charge is 0.287 e. The van der Waals surface area contributed by atoms with Crippen LogP contribution < -0.4 is 5.32 Å². The van der Waals surface area contributed by atoms with E-state index in [0.29, 0.717) is 12.2 Å². The molecule has 0 radical (unpaired) electrons. The van der Waals surface area contributed by atoms with Gasteiger partial charge >= 0.3 is 0 Å². The van der Waals surface area contributed by atoms with Crippen LogP contribution in [-0.4, -0.2) is 46.6 Å². The van der Waals surface area contributed by atoms with Gasteiger partial charge in [0.05, 0.1) is 19.8 Å². The van der Waals surface area contributed by atoms with Gasteiger partial charge in [0, 0.05) is 6.42 Å². The summed E-state index contributed by atoms with van der Waals surface area (Å²) in [7, 11) is 0. The Labute approximate surface area is 184 Å². The van der Waals surface area contributed by atoms with Gasteiger partial charge in [0.25, 0.3) is 5.91 Å². The van der Waals surface area contributed by atoms with Gasteiger partial charge in [-0.15, -0.1) is 0 Å². The Balaban J connectivity index is 1.85. The predicted molar refractivity (Wildman–Crippen MR) is 119 cm³/mol. The van der Waals surface area contributed by atoms with Crippen LogP contribution in [0, 0.1) is 6.92 Å². The highest BCUT2D eigenvalue weighted by molar-refractivity contribution is 5.92. The topological polar surface area (TPSA) is 103 Å². The summed E-state index contributed by atoms with van der Waals surface area (Å²) in [4.78, 5) is 12.5. The minimum Gasteiger partial charge on any atom is -0.456 e. The molecule has 0 atom stereocenters. The van der Waals surface area contributed by atoms with Crippen LogP contribution >= 0.6 is 0 Å². The van der Waals surface area contributed by atoms with E-state index in [2.05, 4.69) is 52.1 Å². The van der Waals surface area contributed by atoms with Crippen LogP contribution in [0.3, 0.4) is 0 Å². The molecule has 6 heteroatoms. The van der Waals surface area contributed by atoms with Crippen molar-refractivity contribution in [2.45, 2.75) is 70.3 Å². The maximum absolute atomic E-state index is 12.5. The van der Waals surface area contributed by atoms with E-state index in [1.807, 2.05) is 0 Å². The largest absolute Gasteiger partial charge is 0.456 e. The van der Waals surface area contributed by atoms with Crippen molar-refractivity contribution in [3.8, 4) is 0 Å². The van der Waals surface area contributed by atoms with E-state index in [4.69, 9.17) is 4.42 Å². The first-order valence-corrected chi connectivity index (χ1v) is 10.9. The lowest BCUT2D eigenvalue weighted by Gasteiger charge is -2.42. The molecule has 1 aromatic carbocycles. The second-order valence-electron chi connectivity index (χ2n) is 10.2. The summed E-state index contributed by atoms with van der Waals surface area (Å²) in [6, 6.07) is 7.94. The zero-order valence-corrected chi connectivity index (χ0v) is 19.2. The number of nitrogens with one attached hydrogen (secondary N) is 1. The zero-order valence-electron chi connectivity index (χ0n) is 19.2. The number of amides is 1. The molecule has 170 valence electrons. The van der Waals surface area contributed by atoms with Crippen molar-refractivity contribution in [1.29, 1.82) is 0 Å². The molecule has 0 bridgehead atoms. The van der Waals surface area contributed by atoms with E-state index in [9.17, 15) is 20.1 Å². The number of aliphatic hydroxyl groups is 3. The second kappa shape index (κ2) is 8.41. The van der Waals surface area contributed by atoms with Gasteiger partial charge in [0.15, 0.2) is 5.76 Å². The summed E-state index contributed by atoms with van der Waals surface area (Å²) in [5, 5.41) is 30.7. The third kappa shape index (κ3) is 4.56. The van der Waals surface area contributed by atoms with Crippen LogP contribution in [0.2, 0.25) is 0 Å². The molecule has 1 amide bonds. The average Bonchev–Trinajstić information content (AvgIpc) is 3.20. The first kappa shape index (κ1) is 23.5. The molecule has 1 heterocycles. The van der Waals surface area contributed by atoms with Crippen molar-refractivity contribution in [2.24, 2.45) is 0 Å². The van der Waals surface area contributed by atoms with Gasteiger partial charge in [-0.05, 0) is 65.0 Å². The Bertz CT molecular complexity index is 945. The fourth-order valence-electron chi connectivity index (χ4n) is 4.31. The van der Waals surface area contributed by atoms with Crippen LogP contribution in [0.1, 0.15) is 79.1 Å². The molecule has 0 unspecified atom stereocenters. The van der Waals surface area contributed by atoms with Crippen molar-refractivity contribution < 1.29 is 24.5 Å². The number of benzene rings is 1. The Hall–Kier alpha value is -2.15. The number of rotatable bonds is 7.